The number of rotatable bonds is 5. The van der Waals surface area contributed by atoms with Crippen molar-refractivity contribution in [1.82, 2.24) is 4.98 Å². The van der Waals surface area contributed by atoms with Gasteiger partial charge in [-0.25, -0.2) is 14.2 Å². The minimum absolute atomic E-state index is 0.0721. The summed E-state index contributed by atoms with van der Waals surface area (Å²) in [4.78, 5) is 16.7. The number of esters is 1. The Hall–Kier alpha value is -2.93. The lowest BCUT2D eigenvalue weighted by Gasteiger charge is -2.09. The van der Waals surface area contributed by atoms with Gasteiger partial charge in [0, 0.05) is 5.38 Å². The summed E-state index contributed by atoms with van der Waals surface area (Å²) in [5, 5.41) is 2.53. The van der Waals surface area contributed by atoms with Gasteiger partial charge in [-0.3, -0.25) is 0 Å². The molecule has 0 aliphatic heterocycles. The van der Waals surface area contributed by atoms with Gasteiger partial charge in [0.05, 0.1) is 24.1 Å². The Morgan fingerprint density at radius 1 is 1.27 bits per heavy atom. The molecule has 0 spiro atoms. The molecule has 1 heterocycles. The number of aryl methyl sites for hydroxylation is 1. The number of anilines is 1. The van der Waals surface area contributed by atoms with Crippen LogP contribution in [-0.2, 0) is 11.3 Å². The zero-order valence-electron chi connectivity index (χ0n) is 14.3. The monoisotopic (exact) mass is 372 g/mol. The molecule has 0 saturated carbocycles. The van der Waals surface area contributed by atoms with Crippen LogP contribution in [0.3, 0.4) is 0 Å². The molecule has 0 unspecified atom stereocenters. The van der Waals surface area contributed by atoms with E-state index in [0.717, 1.165) is 10.6 Å². The summed E-state index contributed by atoms with van der Waals surface area (Å²) >= 11 is 1.41. The van der Waals surface area contributed by atoms with E-state index in [4.69, 9.17) is 15.2 Å². The number of aromatic nitrogens is 1. The predicted octanol–water partition coefficient (Wildman–Crippen LogP) is 4.21. The molecule has 1 aromatic heterocycles. The number of nitrogens with two attached hydrogens (primary N) is 1. The average Bonchev–Trinajstić information content (AvgIpc) is 3.12. The third-order valence-corrected chi connectivity index (χ3v) is 4.78. The lowest BCUT2D eigenvalue weighted by Crippen LogP contribution is -2.12. The van der Waals surface area contributed by atoms with Crippen molar-refractivity contribution in [3.63, 3.8) is 0 Å². The number of hydrogen-bond acceptors (Lipinski definition) is 6. The minimum atomic E-state index is -0.810. The van der Waals surface area contributed by atoms with Crippen LogP contribution in [0, 0.1) is 12.7 Å². The van der Waals surface area contributed by atoms with Crippen molar-refractivity contribution in [3.8, 4) is 16.3 Å². The molecule has 0 aliphatic carbocycles. The molecule has 0 fully saturated rings. The van der Waals surface area contributed by atoms with Gasteiger partial charge in [0.15, 0.2) is 0 Å². The van der Waals surface area contributed by atoms with Gasteiger partial charge in [0.1, 0.15) is 28.7 Å². The molecule has 0 aliphatic rings. The molecule has 7 heteroatoms. The summed E-state index contributed by atoms with van der Waals surface area (Å²) in [6.45, 7) is 1.63. The molecule has 2 N–H and O–H groups in total. The number of nitrogens with zero attached hydrogens (tertiary/aromatic N) is 1. The Balaban J connectivity index is 1.75. The van der Waals surface area contributed by atoms with Crippen molar-refractivity contribution in [2.45, 2.75) is 13.5 Å². The molecule has 134 valence electrons. The molecule has 3 rings (SSSR count). The summed E-state index contributed by atoms with van der Waals surface area (Å²) in [7, 11) is 1.59. The zero-order chi connectivity index (χ0) is 18.7. The number of methoxy groups -OCH3 is 1. The molecule has 0 bridgehead atoms. The lowest BCUT2D eigenvalue weighted by atomic mass is 10.1. The summed E-state index contributed by atoms with van der Waals surface area (Å²) < 4.78 is 24.4. The van der Waals surface area contributed by atoms with Crippen molar-refractivity contribution < 1.29 is 18.7 Å². The van der Waals surface area contributed by atoms with Gasteiger partial charge in [-0.15, -0.1) is 11.3 Å². The van der Waals surface area contributed by atoms with Crippen molar-refractivity contribution in [3.05, 3.63) is 64.4 Å². The number of thiazole rings is 1. The van der Waals surface area contributed by atoms with E-state index >= 15 is 0 Å². The van der Waals surface area contributed by atoms with Gasteiger partial charge in [0.25, 0.3) is 0 Å². The molecule has 0 amide bonds. The maximum Gasteiger partial charge on any atom is 0.343 e. The zero-order valence-corrected chi connectivity index (χ0v) is 15.1. The fourth-order valence-electron chi connectivity index (χ4n) is 2.43. The normalized spacial score (nSPS) is 10.6. The fourth-order valence-corrected chi connectivity index (χ4v) is 3.27. The summed E-state index contributed by atoms with van der Waals surface area (Å²) in [6.07, 6.45) is 0. The highest BCUT2D eigenvalue weighted by atomic mass is 32.1. The number of carbonyl (C=O) groups excluding carboxylic acids is 1. The number of hydrogen-bond donors (Lipinski definition) is 1. The van der Waals surface area contributed by atoms with E-state index in [1.807, 2.05) is 24.3 Å². The standard InChI is InChI=1S/C19H17FN2O3S/c1-11-7-8-14(20)16(17(11)21)19(23)25-9-12-10-26-18(22-12)13-5-3-4-6-15(13)24-2/h3-8,10H,9,21H2,1-2H3. The SMILES string of the molecule is COc1ccccc1-c1nc(COC(=O)c2c(F)ccc(C)c2N)cs1. The Kier molecular flexibility index (Phi) is 5.18. The highest BCUT2D eigenvalue weighted by Crippen LogP contribution is 2.32. The van der Waals surface area contributed by atoms with E-state index in [1.54, 1.807) is 19.4 Å². The average molecular weight is 372 g/mol. The molecule has 2 aromatic carbocycles. The quantitative estimate of drug-likeness (QED) is 0.536. The summed E-state index contributed by atoms with van der Waals surface area (Å²) in [6, 6.07) is 10.2. The van der Waals surface area contributed by atoms with E-state index in [1.165, 1.54) is 23.5 Å². The van der Waals surface area contributed by atoms with E-state index in [-0.39, 0.29) is 17.9 Å². The number of nitrogen functional groups attached to an aromatic ring is 1. The van der Waals surface area contributed by atoms with E-state index in [2.05, 4.69) is 4.98 Å². The summed E-state index contributed by atoms with van der Waals surface area (Å²) in [5.41, 5.74) is 7.67. The van der Waals surface area contributed by atoms with E-state index < -0.39 is 11.8 Å². The van der Waals surface area contributed by atoms with Gasteiger partial charge in [-0.1, -0.05) is 18.2 Å². The fraction of sp³-hybridized carbons (Fsp3) is 0.158. The minimum Gasteiger partial charge on any atom is -0.496 e. The van der Waals surface area contributed by atoms with Gasteiger partial charge in [0.2, 0.25) is 0 Å². The molecule has 26 heavy (non-hydrogen) atoms. The lowest BCUT2D eigenvalue weighted by molar-refractivity contribution is 0.0464. The Labute approximate surface area is 154 Å². The second-order valence-electron chi connectivity index (χ2n) is 5.57. The number of para-hydroxylation sites is 1. The second kappa shape index (κ2) is 7.53. The highest BCUT2D eigenvalue weighted by molar-refractivity contribution is 7.13. The van der Waals surface area contributed by atoms with Gasteiger partial charge in [-0.2, -0.15) is 0 Å². The van der Waals surface area contributed by atoms with Crippen LogP contribution in [-0.4, -0.2) is 18.1 Å². The second-order valence-corrected chi connectivity index (χ2v) is 6.43. The van der Waals surface area contributed by atoms with Crippen LogP contribution >= 0.6 is 11.3 Å². The van der Waals surface area contributed by atoms with Crippen molar-refractivity contribution in [1.29, 1.82) is 0 Å². The first-order valence-corrected chi connectivity index (χ1v) is 8.68. The highest BCUT2D eigenvalue weighted by Gasteiger charge is 2.19. The molecular weight excluding hydrogens is 355 g/mol. The third kappa shape index (κ3) is 3.52. The number of benzene rings is 2. The van der Waals surface area contributed by atoms with Crippen molar-refractivity contribution in [2.75, 3.05) is 12.8 Å². The van der Waals surface area contributed by atoms with Gasteiger partial charge >= 0.3 is 5.97 Å². The predicted molar refractivity (Wildman–Crippen MR) is 98.8 cm³/mol. The van der Waals surface area contributed by atoms with Gasteiger partial charge < -0.3 is 15.2 Å². The first kappa shape index (κ1) is 17.9. The topological polar surface area (TPSA) is 74.4 Å². The third-order valence-electron chi connectivity index (χ3n) is 3.86. The van der Waals surface area contributed by atoms with Gasteiger partial charge in [-0.05, 0) is 30.7 Å². The number of halogens is 1. The molecule has 3 aromatic rings. The van der Waals surface area contributed by atoms with Crippen molar-refractivity contribution in [2.24, 2.45) is 0 Å². The maximum absolute atomic E-state index is 13.9. The van der Waals surface area contributed by atoms with Crippen LogP contribution in [0.4, 0.5) is 10.1 Å². The molecular formula is C19H17FN2O3S. The Morgan fingerprint density at radius 2 is 2.04 bits per heavy atom. The van der Waals surface area contributed by atoms with E-state index in [0.29, 0.717) is 17.0 Å². The molecule has 0 atom stereocenters. The molecule has 5 nitrogen and oxygen atoms in total. The first-order valence-electron chi connectivity index (χ1n) is 7.80. The van der Waals surface area contributed by atoms with Crippen molar-refractivity contribution >= 4 is 23.0 Å². The Bertz CT molecular complexity index is 956. The van der Waals surface area contributed by atoms with Crippen LogP contribution in [0.15, 0.2) is 41.8 Å². The van der Waals surface area contributed by atoms with Crippen LogP contribution in [0.2, 0.25) is 0 Å². The molecule has 0 radical (unpaired) electrons. The van der Waals surface area contributed by atoms with Crippen LogP contribution in [0.1, 0.15) is 21.6 Å². The Morgan fingerprint density at radius 3 is 2.81 bits per heavy atom. The van der Waals surface area contributed by atoms with E-state index in [9.17, 15) is 9.18 Å². The van der Waals surface area contributed by atoms with Crippen LogP contribution in [0.25, 0.3) is 10.6 Å². The van der Waals surface area contributed by atoms with Crippen LogP contribution in [0.5, 0.6) is 5.75 Å². The first-order chi connectivity index (χ1) is 12.5. The molecule has 0 saturated heterocycles. The number of carbonyl (C=O) groups is 1. The summed E-state index contributed by atoms with van der Waals surface area (Å²) in [5.74, 6) is -0.804. The maximum atomic E-state index is 13.9. The largest absolute Gasteiger partial charge is 0.496 e. The smallest absolute Gasteiger partial charge is 0.343 e. The number of ether oxygens (including phenoxy) is 2. The van der Waals surface area contributed by atoms with Crippen LogP contribution < -0.4 is 10.5 Å².